The van der Waals surface area contributed by atoms with E-state index < -0.39 is 4.92 Å². The van der Waals surface area contributed by atoms with Crippen LogP contribution in [-0.2, 0) is 0 Å². The van der Waals surface area contributed by atoms with Crippen molar-refractivity contribution in [1.82, 2.24) is 0 Å². The van der Waals surface area contributed by atoms with Crippen LogP contribution in [0.5, 0.6) is 0 Å². The minimum absolute atomic E-state index is 0.328. The van der Waals surface area contributed by atoms with Gasteiger partial charge in [-0.05, 0) is 30.5 Å². The standard InChI is InChI=1S/C13H15Cl2N3O2/c14-10-5-11(15)7-12(6-10)17-13(8-18(19)20)16-4-3-9-1-2-9/h5-7,9H,1-4,8H2,(H,16,17). The number of benzene rings is 1. The molecule has 0 spiro atoms. The maximum Gasteiger partial charge on any atom is 0.260 e. The maximum atomic E-state index is 10.7. The molecule has 1 aliphatic rings. The summed E-state index contributed by atoms with van der Waals surface area (Å²) >= 11 is 11.8. The highest BCUT2D eigenvalue weighted by atomic mass is 35.5. The Balaban J connectivity index is 2.02. The van der Waals surface area contributed by atoms with Crippen LogP contribution in [0, 0.1) is 16.0 Å². The smallest absolute Gasteiger partial charge is 0.260 e. The molecule has 1 aliphatic carbocycles. The zero-order chi connectivity index (χ0) is 14.5. The van der Waals surface area contributed by atoms with Crippen molar-refractivity contribution in [3.05, 3.63) is 38.4 Å². The van der Waals surface area contributed by atoms with Crippen LogP contribution in [0.1, 0.15) is 19.3 Å². The Labute approximate surface area is 127 Å². The van der Waals surface area contributed by atoms with E-state index in [1.54, 1.807) is 18.2 Å². The molecule has 1 saturated carbocycles. The average Bonchev–Trinajstić information content (AvgIpc) is 3.10. The second kappa shape index (κ2) is 6.90. The number of aliphatic imine (C=N–C) groups is 1. The number of hydrogen-bond acceptors (Lipinski definition) is 3. The molecule has 108 valence electrons. The molecule has 1 fully saturated rings. The van der Waals surface area contributed by atoms with Crippen LogP contribution in [0.4, 0.5) is 5.69 Å². The third-order valence-corrected chi connectivity index (χ3v) is 3.40. The van der Waals surface area contributed by atoms with Gasteiger partial charge in [0.25, 0.3) is 6.54 Å². The van der Waals surface area contributed by atoms with Gasteiger partial charge in [0, 0.05) is 27.2 Å². The summed E-state index contributed by atoms with van der Waals surface area (Å²) in [6.45, 7) is 0.268. The number of halogens is 2. The molecule has 20 heavy (non-hydrogen) atoms. The second-order valence-electron chi connectivity index (χ2n) is 4.83. The summed E-state index contributed by atoms with van der Waals surface area (Å²) in [4.78, 5) is 14.5. The predicted octanol–water partition coefficient (Wildman–Crippen LogP) is 3.88. The zero-order valence-electron chi connectivity index (χ0n) is 10.8. The van der Waals surface area contributed by atoms with Gasteiger partial charge >= 0.3 is 0 Å². The van der Waals surface area contributed by atoms with Gasteiger partial charge in [0.2, 0.25) is 0 Å². The summed E-state index contributed by atoms with van der Waals surface area (Å²) in [6.07, 6.45) is 3.48. The van der Waals surface area contributed by atoms with Crippen LogP contribution in [-0.4, -0.2) is 23.8 Å². The molecule has 1 N–H and O–H groups in total. The Bertz CT molecular complexity index is 510. The fourth-order valence-corrected chi connectivity index (χ4v) is 2.36. The van der Waals surface area contributed by atoms with Crippen molar-refractivity contribution >= 4 is 34.7 Å². The Hall–Kier alpha value is -1.33. The first-order chi connectivity index (χ1) is 9.52. The van der Waals surface area contributed by atoms with Crippen LogP contribution >= 0.6 is 23.2 Å². The van der Waals surface area contributed by atoms with Gasteiger partial charge in [0.15, 0.2) is 5.84 Å². The first-order valence-corrected chi connectivity index (χ1v) is 7.17. The molecule has 1 aromatic carbocycles. The molecule has 0 radical (unpaired) electrons. The van der Waals surface area contributed by atoms with Crippen LogP contribution in [0.3, 0.4) is 0 Å². The minimum atomic E-state index is -0.408. The summed E-state index contributed by atoms with van der Waals surface area (Å²) in [6, 6.07) is 4.92. The minimum Gasteiger partial charge on any atom is -0.338 e. The Morgan fingerprint density at radius 2 is 2.00 bits per heavy atom. The lowest BCUT2D eigenvalue weighted by atomic mass is 10.3. The largest absolute Gasteiger partial charge is 0.338 e. The van der Waals surface area contributed by atoms with E-state index in [1.807, 2.05) is 0 Å². The highest BCUT2D eigenvalue weighted by Gasteiger charge is 2.20. The third kappa shape index (κ3) is 5.35. The van der Waals surface area contributed by atoms with E-state index in [2.05, 4.69) is 10.3 Å². The van der Waals surface area contributed by atoms with Crippen molar-refractivity contribution in [2.75, 3.05) is 18.4 Å². The number of anilines is 1. The molecule has 0 amide bonds. The molecule has 0 saturated heterocycles. The fraction of sp³-hybridized carbons (Fsp3) is 0.462. The number of nitro groups is 1. The van der Waals surface area contributed by atoms with Crippen LogP contribution in [0.2, 0.25) is 10.0 Å². The van der Waals surface area contributed by atoms with Gasteiger partial charge in [-0.3, -0.25) is 15.1 Å². The van der Waals surface area contributed by atoms with Crippen molar-refractivity contribution in [3.63, 3.8) is 0 Å². The average molecular weight is 316 g/mol. The van der Waals surface area contributed by atoms with E-state index in [1.165, 1.54) is 12.8 Å². The number of amidine groups is 1. The fourth-order valence-electron chi connectivity index (χ4n) is 1.83. The Kier molecular flexibility index (Phi) is 5.20. The molecule has 0 aliphatic heterocycles. The van der Waals surface area contributed by atoms with Crippen molar-refractivity contribution in [1.29, 1.82) is 0 Å². The van der Waals surface area contributed by atoms with E-state index in [9.17, 15) is 10.1 Å². The Morgan fingerprint density at radius 1 is 1.35 bits per heavy atom. The van der Waals surface area contributed by atoms with E-state index in [0.717, 1.165) is 12.3 Å². The van der Waals surface area contributed by atoms with Gasteiger partial charge in [-0.25, -0.2) is 0 Å². The molecule has 0 heterocycles. The molecule has 1 aromatic rings. The van der Waals surface area contributed by atoms with Gasteiger partial charge in [0.1, 0.15) is 0 Å². The molecule has 2 rings (SSSR count). The van der Waals surface area contributed by atoms with E-state index in [-0.39, 0.29) is 6.54 Å². The molecular weight excluding hydrogens is 301 g/mol. The normalized spacial score (nSPS) is 15.2. The monoisotopic (exact) mass is 315 g/mol. The summed E-state index contributed by atoms with van der Waals surface area (Å²) in [5, 5.41) is 14.5. The van der Waals surface area contributed by atoms with Crippen molar-refractivity contribution < 1.29 is 4.92 Å². The van der Waals surface area contributed by atoms with Crippen LogP contribution in [0.15, 0.2) is 23.2 Å². The van der Waals surface area contributed by atoms with Crippen LogP contribution in [0.25, 0.3) is 0 Å². The number of nitrogens with zero attached hydrogens (tertiary/aromatic N) is 2. The lowest BCUT2D eigenvalue weighted by Gasteiger charge is -2.08. The molecule has 0 aromatic heterocycles. The quantitative estimate of drug-likeness (QED) is 0.375. The predicted molar refractivity (Wildman–Crippen MR) is 81.6 cm³/mol. The van der Waals surface area contributed by atoms with E-state index in [4.69, 9.17) is 23.2 Å². The first kappa shape index (κ1) is 15.1. The van der Waals surface area contributed by atoms with Gasteiger partial charge < -0.3 is 5.32 Å². The molecular formula is C13H15Cl2N3O2. The van der Waals surface area contributed by atoms with Gasteiger partial charge in [-0.2, -0.15) is 0 Å². The van der Waals surface area contributed by atoms with Gasteiger partial charge in [-0.15, -0.1) is 0 Å². The lowest BCUT2D eigenvalue weighted by Crippen LogP contribution is -2.22. The highest BCUT2D eigenvalue weighted by molar-refractivity contribution is 6.35. The molecule has 0 atom stereocenters. The third-order valence-electron chi connectivity index (χ3n) is 2.97. The van der Waals surface area contributed by atoms with Crippen molar-refractivity contribution in [2.24, 2.45) is 10.9 Å². The van der Waals surface area contributed by atoms with Crippen molar-refractivity contribution in [3.8, 4) is 0 Å². The molecule has 0 unspecified atom stereocenters. The van der Waals surface area contributed by atoms with E-state index >= 15 is 0 Å². The number of rotatable bonds is 6. The summed E-state index contributed by atoms with van der Waals surface area (Å²) in [7, 11) is 0. The zero-order valence-corrected chi connectivity index (χ0v) is 12.3. The maximum absolute atomic E-state index is 10.7. The first-order valence-electron chi connectivity index (χ1n) is 6.41. The van der Waals surface area contributed by atoms with Crippen LogP contribution < -0.4 is 5.32 Å². The number of hydrogen-bond donors (Lipinski definition) is 1. The summed E-state index contributed by atoms with van der Waals surface area (Å²) in [5.74, 6) is 1.07. The summed E-state index contributed by atoms with van der Waals surface area (Å²) in [5.41, 5.74) is 0.606. The van der Waals surface area contributed by atoms with Gasteiger partial charge in [-0.1, -0.05) is 36.0 Å². The lowest BCUT2D eigenvalue weighted by molar-refractivity contribution is -0.463. The Morgan fingerprint density at radius 3 is 2.55 bits per heavy atom. The second-order valence-corrected chi connectivity index (χ2v) is 5.71. The molecule has 7 heteroatoms. The molecule has 0 bridgehead atoms. The SMILES string of the molecule is O=[N+]([O-])CC(=NCCC1CC1)Nc1cc(Cl)cc(Cl)c1. The number of nitrogens with one attached hydrogen (secondary N) is 1. The molecule has 5 nitrogen and oxygen atoms in total. The highest BCUT2D eigenvalue weighted by Crippen LogP contribution is 2.32. The van der Waals surface area contributed by atoms with Gasteiger partial charge in [0.05, 0.1) is 0 Å². The van der Waals surface area contributed by atoms with Crippen molar-refractivity contribution in [2.45, 2.75) is 19.3 Å². The topological polar surface area (TPSA) is 67.5 Å². The van der Waals surface area contributed by atoms with E-state index in [0.29, 0.717) is 28.1 Å². The summed E-state index contributed by atoms with van der Waals surface area (Å²) < 4.78 is 0.